The Morgan fingerprint density at radius 1 is 1.37 bits per heavy atom. The monoisotopic (exact) mass is 393 g/mol. The Balaban J connectivity index is 1.77. The highest BCUT2D eigenvalue weighted by atomic mass is 32.2. The van der Waals surface area contributed by atoms with Crippen molar-refractivity contribution < 1.29 is 27.5 Å². The van der Waals surface area contributed by atoms with Crippen LogP contribution in [0.4, 0.5) is 0 Å². The van der Waals surface area contributed by atoms with Crippen LogP contribution in [0.25, 0.3) is 0 Å². The molecule has 0 radical (unpaired) electrons. The van der Waals surface area contributed by atoms with Crippen molar-refractivity contribution in [2.75, 3.05) is 13.7 Å². The van der Waals surface area contributed by atoms with E-state index in [9.17, 15) is 18.0 Å². The molecule has 0 saturated heterocycles. The van der Waals surface area contributed by atoms with Gasteiger partial charge in [-0.25, -0.2) is 18.2 Å². The van der Waals surface area contributed by atoms with E-state index in [1.54, 1.807) is 6.07 Å². The van der Waals surface area contributed by atoms with Crippen molar-refractivity contribution in [3.05, 3.63) is 41.7 Å². The number of amides is 1. The maximum atomic E-state index is 12.7. The van der Waals surface area contributed by atoms with Crippen molar-refractivity contribution in [1.29, 1.82) is 0 Å². The summed E-state index contributed by atoms with van der Waals surface area (Å²) in [7, 11) is -2.94. The Morgan fingerprint density at radius 3 is 2.85 bits per heavy atom. The maximum absolute atomic E-state index is 12.7. The number of hydrogen-bond donors (Lipinski definition) is 2. The number of hydrogen-bond acceptors (Lipinski definition) is 7. The maximum Gasteiger partial charge on any atom is 0.356 e. The van der Waals surface area contributed by atoms with Crippen LogP contribution in [0.15, 0.2) is 35.6 Å². The van der Waals surface area contributed by atoms with Crippen LogP contribution in [0, 0.1) is 0 Å². The fraction of sp³-hybridized carbons (Fsp3) is 0.353. The average molecular weight is 393 g/mol. The Hall–Kier alpha value is -2.88. The van der Waals surface area contributed by atoms with Gasteiger partial charge in [-0.2, -0.15) is 0 Å². The number of carbonyl (C=O) groups is 2. The minimum Gasteiger partial charge on any atom is -0.493 e. The summed E-state index contributed by atoms with van der Waals surface area (Å²) in [6, 6.07) is 6.93. The third-order valence-corrected chi connectivity index (χ3v) is 6.23. The van der Waals surface area contributed by atoms with Gasteiger partial charge in [0.2, 0.25) is 20.9 Å². The molecule has 9 nitrogen and oxygen atoms in total. The zero-order chi connectivity index (χ0) is 19.6. The van der Waals surface area contributed by atoms with Crippen LogP contribution < -0.4 is 10.1 Å². The minimum atomic E-state index is -4.10. The van der Waals surface area contributed by atoms with Gasteiger partial charge in [0, 0.05) is 12.0 Å². The SMILES string of the molecule is COC(=O)c1cnc(S(=O)(=O)C(C)C(=O)NC2CCOc3ccccc32)[nH]1. The number of benzene rings is 1. The number of rotatable bonds is 5. The van der Waals surface area contributed by atoms with Crippen molar-refractivity contribution in [3.8, 4) is 5.75 Å². The number of aromatic nitrogens is 2. The molecule has 27 heavy (non-hydrogen) atoms. The average Bonchev–Trinajstić information content (AvgIpc) is 3.18. The van der Waals surface area contributed by atoms with E-state index in [0.29, 0.717) is 18.8 Å². The lowest BCUT2D eigenvalue weighted by molar-refractivity contribution is -0.121. The predicted octanol–water partition coefficient (Wildman–Crippen LogP) is 0.998. The Bertz CT molecular complexity index is 969. The van der Waals surface area contributed by atoms with Crippen molar-refractivity contribution in [2.24, 2.45) is 0 Å². The zero-order valence-electron chi connectivity index (χ0n) is 14.8. The van der Waals surface area contributed by atoms with E-state index < -0.39 is 32.1 Å². The molecule has 1 aromatic carbocycles. The number of carbonyl (C=O) groups excluding carboxylic acids is 2. The first-order chi connectivity index (χ1) is 12.8. The molecule has 2 N–H and O–H groups in total. The lowest BCUT2D eigenvalue weighted by Gasteiger charge is -2.27. The van der Waals surface area contributed by atoms with E-state index in [1.807, 2.05) is 18.2 Å². The fourth-order valence-corrected chi connectivity index (χ4v) is 3.89. The van der Waals surface area contributed by atoms with Gasteiger partial charge in [-0.3, -0.25) is 4.79 Å². The number of para-hydroxylation sites is 1. The molecule has 2 heterocycles. The quantitative estimate of drug-likeness (QED) is 0.725. The summed E-state index contributed by atoms with van der Waals surface area (Å²) in [4.78, 5) is 30.1. The molecule has 3 rings (SSSR count). The number of nitrogens with one attached hydrogen (secondary N) is 2. The second-order valence-corrected chi connectivity index (χ2v) is 8.20. The number of H-pyrrole nitrogens is 1. The van der Waals surface area contributed by atoms with Crippen LogP contribution in [0.2, 0.25) is 0 Å². The second kappa shape index (κ2) is 7.39. The summed E-state index contributed by atoms with van der Waals surface area (Å²) in [5.74, 6) is -0.745. The Kier molecular flexibility index (Phi) is 5.17. The molecule has 144 valence electrons. The number of imidazole rings is 1. The molecular formula is C17H19N3O6S. The lowest BCUT2D eigenvalue weighted by atomic mass is 10.0. The van der Waals surface area contributed by atoms with Crippen LogP contribution in [0.1, 0.15) is 35.4 Å². The topological polar surface area (TPSA) is 127 Å². The minimum absolute atomic E-state index is 0.109. The molecule has 1 aromatic heterocycles. The molecule has 0 aliphatic carbocycles. The van der Waals surface area contributed by atoms with Gasteiger partial charge in [0.05, 0.1) is 26.0 Å². The summed E-state index contributed by atoms with van der Waals surface area (Å²) in [5.41, 5.74) is 0.690. The number of esters is 1. The first kappa shape index (κ1) is 18.9. The highest BCUT2D eigenvalue weighted by Crippen LogP contribution is 2.31. The highest BCUT2D eigenvalue weighted by Gasteiger charge is 2.35. The number of methoxy groups -OCH3 is 1. The van der Waals surface area contributed by atoms with Crippen molar-refractivity contribution >= 4 is 21.7 Å². The van der Waals surface area contributed by atoms with Gasteiger partial charge in [0.1, 0.15) is 16.7 Å². The molecule has 0 bridgehead atoms. The smallest absolute Gasteiger partial charge is 0.356 e. The summed E-state index contributed by atoms with van der Waals surface area (Å²) < 4.78 is 35.4. The van der Waals surface area contributed by atoms with Crippen LogP contribution in [-0.4, -0.2) is 49.2 Å². The molecule has 1 aliphatic heterocycles. The number of nitrogens with zero attached hydrogens (tertiary/aromatic N) is 1. The van der Waals surface area contributed by atoms with Gasteiger partial charge < -0.3 is 19.8 Å². The molecule has 2 atom stereocenters. The van der Waals surface area contributed by atoms with Crippen molar-refractivity contribution in [2.45, 2.75) is 29.8 Å². The van der Waals surface area contributed by atoms with E-state index in [-0.39, 0.29) is 11.7 Å². The van der Waals surface area contributed by atoms with Gasteiger partial charge in [-0.1, -0.05) is 18.2 Å². The van der Waals surface area contributed by atoms with E-state index >= 15 is 0 Å². The summed E-state index contributed by atoms with van der Waals surface area (Å²) in [6.07, 6.45) is 1.58. The van der Waals surface area contributed by atoms with E-state index in [4.69, 9.17) is 4.74 Å². The Labute approximate surface area is 156 Å². The molecule has 10 heteroatoms. The number of fused-ring (bicyclic) bond motifs is 1. The van der Waals surface area contributed by atoms with Gasteiger partial charge in [0.25, 0.3) is 0 Å². The highest BCUT2D eigenvalue weighted by molar-refractivity contribution is 7.92. The molecule has 2 unspecified atom stereocenters. The first-order valence-electron chi connectivity index (χ1n) is 8.24. The molecule has 0 fully saturated rings. The van der Waals surface area contributed by atoms with Gasteiger partial charge in [-0.15, -0.1) is 0 Å². The third-order valence-electron chi connectivity index (χ3n) is 4.34. The van der Waals surface area contributed by atoms with Crippen LogP contribution in [0.3, 0.4) is 0 Å². The molecule has 1 amide bonds. The normalized spacial score (nSPS) is 17.3. The number of ether oxygens (including phenoxy) is 2. The van der Waals surface area contributed by atoms with E-state index in [1.165, 1.54) is 14.0 Å². The molecular weight excluding hydrogens is 374 g/mol. The van der Waals surface area contributed by atoms with Crippen LogP contribution in [-0.2, 0) is 19.4 Å². The lowest BCUT2D eigenvalue weighted by Crippen LogP contribution is -2.41. The van der Waals surface area contributed by atoms with Gasteiger partial charge in [0.15, 0.2) is 0 Å². The number of sulfone groups is 1. The molecule has 2 aromatic rings. The van der Waals surface area contributed by atoms with Gasteiger partial charge in [-0.05, 0) is 13.0 Å². The van der Waals surface area contributed by atoms with Crippen LogP contribution in [0.5, 0.6) is 5.75 Å². The summed E-state index contributed by atoms with van der Waals surface area (Å²) in [5, 5.41) is 0.901. The van der Waals surface area contributed by atoms with Crippen molar-refractivity contribution in [1.82, 2.24) is 15.3 Å². The molecule has 0 spiro atoms. The first-order valence-corrected chi connectivity index (χ1v) is 9.78. The van der Waals surface area contributed by atoms with E-state index in [0.717, 1.165) is 11.8 Å². The second-order valence-electron chi connectivity index (χ2n) is 6.02. The van der Waals surface area contributed by atoms with Gasteiger partial charge >= 0.3 is 5.97 Å². The summed E-state index contributed by atoms with van der Waals surface area (Å²) >= 11 is 0. The fourth-order valence-electron chi connectivity index (χ4n) is 2.75. The van der Waals surface area contributed by atoms with Crippen molar-refractivity contribution in [3.63, 3.8) is 0 Å². The third kappa shape index (κ3) is 3.65. The van der Waals surface area contributed by atoms with E-state index in [2.05, 4.69) is 20.0 Å². The van der Waals surface area contributed by atoms with Crippen LogP contribution >= 0.6 is 0 Å². The predicted molar refractivity (Wildman–Crippen MR) is 94.0 cm³/mol. The molecule has 1 aliphatic rings. The zero-order valence-corrected chi connectivity index (χ0v) is 15.6. The standard InChI is InChI=1S/C17H19N3O6S/c1-10(27(23,24)17-18-9-13(20-17)16(22)25-2)15(21)19-12-7-8-26-14-6-4-3-5-11(12)14/h3-6,9-10,12H,7-8H2,1-2H3,(H,18,20)(H,19,21). The number of aromatic amines is 1. The molecule has 0 saturated carbocycles. The Morgan fingerprint density at radius 2 is 2.11 bits per heavy atom. The summed E-state index contributed by atoms with van der Waals surface area (Å²) in [6.45, 7) is 1.69. The largest absolute Gasteiger partial charge is 0.493 e.